The van der Waals surface area contributed by atoms with Crippen molar-refractivity contribution in [2.75, 3.05) is 20.8 Å². The number of nitrogens with zero attached hydrogens (tertiary/aromatic N) is 1. The molecule has 0 radical (unpaired) electrons. The quantitative estimate of drug-likeness (QED) is 0.499. The Morgan fingerprint density at radius 3 is 2.41 bits per heavy atom. The van der Waals surface area contributed by atoms with Gasteiger partial charge in [-0.2, -0.15) is 0 Å². The predicted molar refractivity (Wildman–Crippen MR) is 118 cm³/mol. The Balaban J connectivity index is 1.70. The Labute approximate surface area is 183 Å². The van der Waals surface area contributed by atoms with Crippen LogP contribution in [0.1, 0.15) is 10.6 Å². The molecule has 1 N–H and O–H groups in total. The number of aryl methyl sites for hydroxylation is 1. The molecular weight excluding hydrogens is 476 g/mol. The second kappa shape index (κ2) is 9.25. The van der Waals surface area contributed by atoms with Crippen molar-refractivity contribution in [3.63, 3.8) is 0 Å². The van der Waals surface area contributed by atoms with Crippen LogP contribution in [0.4, 0.5) is 0 Å². The minimum absolute atomic E-state index is 0.243. The van der Waals surface area contributed by atoms with Crippen LogP contribution in [0.5, 0.6) is 11.5 Å². The molecular formula is C20H21BrN2O4S2. The maximum atomic E-state index is 12.4. The van der Waals surface area contributed by atoms with Gasteiger partial charge < -0.3 is 9.47 Å². The molecule has 6 nitrogen and oxygen atoms in total. The van der Waals surface area contributed by atoms with Gasteiger partial charge in [0.2, 0.25) is 10.0 Å². The van der Waals surface area contributed by atoms with Gasteiger partial charge in [0, 0.05) is 21.5 Å². The Hall–Kier alpha value is -1.94. The van der Waals surface area contributed by atoms with E-state index in [1.807, 2.05) is 25.1 Å². The average molecular weight is 497 g/mol. The summed E-state index contributed by atoms with van der Waals surface area (Å²) in [6.07, 6.45) is 0.562. The van der Waals surface area contributed by atoms with Crippen LogP contribution in [-0.4, -0.2) is 34.2 Å². The summed E-state index contributed by atoms with van der Waals surface area (Å²) < 4.78 is 38.9. The zero-order chi connectivity index (χ0) is 21.0. The van der Waals surface area contributed by atoms with Crippen LogP contribution in [0.2, 0.25) is 0 Å². The van der Waals surface area contributed by atoms with Crippen molar-refractivity contribution in [3.05, 3.63) is 57.5 Å². The molecule has 0 aliphatic carbocycles. The summed E-state index contributed by atoms with van der Waals surface area (Å²) in [6.45, 7) is 2.23. The normalized spacial score (nSPS) is 11.4. The fourth-order valence-electron chi connectivity index (χ4n) is 2.75. The first kappa shape index (κ1) is 21.8. The molecule has 2 aromatic carbocycles. The summed E-state index contributed by atoms with van der Waals surface area (Å²) in [7, 11) is -0.348. The molecule has 0 saturated carbocycles. The summed E-state index contributed by atoms with van der Waals surface area (Å²) in [5.74, 6) is 1.30. The molecule has 0 amide bonds. The maximum Gasteiger partial charge on any atom is 0.240 e. The van der Waals surface area contributed by atoms with Gasteiger partial charge in [-0.05, 0) is 55.8 Å². The number of benzene rings is 2. The highest BCUT2D eigenvalue weighted by Crippen LogP contribution is 2.35. The van der Waals surface area contributed by atoms with E-state index in [-0.39, 0.29) is 4.90 Å². The van der Waals surface area contributed by atoms with E-state index in [4.69, 9.17) is 9.47 Å². The standard InChI is InChI=1S/C20H21BrN2O4S2/c1-13-19(10-11-22-29(24,25)16-7-5-15(21)6-8-16)28-20(23-13)14-4-9-17(26-2)18(12-14)27-3/h4-9,12,22H,10-11H2,1-3H3. The monoisotopic (exact) mass is 496 g/mol. The van der Waals surface area contributed by atoms with Gasteiger partial charge in [0.05, 0.1) is 24.8 Å². The van der Waals surface area contributed by atoms with E-state index in [2.05, 4.69) is 25.6 Å². The van der Waals surface area contributed by atoms with Crippen LogP contribution >= 0.6 is 27.3 Å². The van der Waals surface area contributed by atoms with Crippen LogP contribution in [0.25, 0.3) is 10.6 Å². The number of hydrogen-bond acceptors (Lipinski definition) is 6. The molecule has 9 heteroatoms. The molecule has 1 heterocycles. The summed E-state index contributed by atoms with van der Waals surface area (Å²) in [4.78, 5) is 5.91. The molecule has 0 atom stereocenters. The van der Waals surface area contributed by atoms with Gasteiger partial charge in [0.15, 0.2) is 11.5 Å². The molecule has 0 spiro atoms. The summed E-state index contributed by atoms with van der Waals surface area (Å²) in [5, 5.41) is 0.856. The van der Waals surface area contributed by atoms with Gasteiger partial charge >= 0.3 is 0 Å². The molecule has 3 aromatic rings. The number of ether oxygens (including phenoxy) is 2. The van der Waals surface area contributed by atoms with Gasteiger partial charge in [0.25, 0.3) is 0 Å². The molecule has 29 heavy (non-hydrogen) atoms. The molecule has 154 valence electrons. The van der Waals surface area contributed by atoms with E-state index in [0.717, 1.165) is 25.6 Å². The Kier molecular flexibility index (Phi) is 6.94. The van der Waals surface area contributed by atoms with Crippen molar-refractivity contribution in [1.29, 1.82) is 0 Å². The summed E-state index contributed by atoms with van der Waals surface area (Å²) in [5.41, 5.74) is 1.82. The highest BCUT2D eigenvalue weighted by Gasteiger charge is 2.15. The minimum atomic E-state index is -3.54. The van der Waals surface area contributed by atoms with E-state index in [1.165, 1.54) is 0 Å². The number of thiazole rings is 1. The topological polar surface area (TPSA) is 77.5 Å². The molecule has 0 aliphatic rings. The van der Waals surface area contributed by atoms with Crippen molar-refractivity contribution in [3.8, 4) is 22.1 Å². The Morgan fingerprint density at radius 1 is 1.07 bits per heavy atom. The van der Waals surface area contributed by atoms with Crippen molar-refractivity contribution in [2.24, 2.45) is 0 Å². The van der Waals surface area contributed by atoms with Crippen LogP contribution in [0.15, 0.2) is 51.8 Å². The first-order chi connectivity index (χ1) is 13.8. The number of nitrogens with one attached hydrogen (secondary N) is 1. The summed E-state index contributed by atoms with van der Waals surface area (Å²) >= 11 is 4.85. The van der Waals surface area contributed by atoms with Crippen LogP contribution < -0.4 is 14.2 Å². The Bertz CT molecular complexity index is 1100. The lowest BCUT2D eigenvalue weighted by molar-refractivity contribution is 0.355. The van der Waals surface area contributed by atoms with Gasteiger partial charge in [-0.1, -0.05) is 15.9 Å². The largest absolute Gasteiger partial charge is 0.493 e. The van der Waals surface area contributed by atoms with Gasteiger partial charge in [-0.3, -0.25) is 0 Å². The smallest absolute Gasteiger partial charge is 0.240 e. The predicted octanol–water partition coefficient (Wildman–Crippen LogP) is 4.42. The molecule has 0 unspecified atom stereocenters. The lowest BCUT2D eigenvalue weighted by Crippen LogP contribution is -2.25. The Morgan fingerprint density at radius 2 is 1.76 bits per heavy atom. The number of rotatable bonds is 8. The molecule has 0 aliphatic heterocycles. The van der Waals surface area contributed by atoms with Crippen LogP contribution in [0, 0.1) is 6.92 Å². The van der Waals surface area contributed by atoms with E-state index < -0.39 is 10.0 Å². The third-order valence-electron chi connectivity index (χ3n) is 4.29. The molecule has 0 bridgehead atoms. The van der Waals surface area contributed by atoms with E-state index in [9.17, 15) is 8.42 Å². The summed E-state index contributed by atoms with van der Waals surface area (Å²) in [6, 6.07) is 12.2. The zero-order valence-electron chi connectivity index (χ0n) is 16.2. The van der Waals surface area contributed by atoms with E-state index >= 15 is 0 Å². The van der Waals surface area contributed by atoms with Crippen molar-refractivity contribution >= 4 is 37.3 Å². The number of halogens is 1. The van der Waals surface area contributed by atoms with Gasteiger partial charge in [-0.15, -0.1) is 11.3 Å². The number of hydrogen-bond donors (Lipinski definition) is 1. The number of sulfonamides is 1. The number of aromatic nitrogens is 1. The fraction of sp³-hybridized carbons (Fsp3) is 0.250. The molecule has 3 rings (SSSR count). The van der Waals surface area contributed by atoms with E-state index in [1.54, 1.807) is 49.8 Å². The zero-order valence-corrected chi connectivity index (χ0v) is 19.4. The van der Waals surface area contributed by atoms with Gasteiger partial charge in [-0.25, -0.2) is 18.1 Å². The third kappa shape index (κ3) is 5.16. The second-order valence-corrected chi connectivity index (χ2v) is 9.97. The molecule has 1 aromatic heterocycles. The first-order valence-corrected chi connectivity index (χ1v) is 11.9. The highest BCUT2D eigenvalue weighted by atomic mass is 79.9. The highest BCUT2D eigenvalue weighted by molar-refractivity contribution is 9.10. The van der Waals surface area contributed by atoms with Crippen molar-refractivity contribution < 1.29 is 17.9 Å². The molecule has 0 saturated heterocycles. The third-order valence-corrected chi connectivity index (χ3v) is 7.56. The maximum absolute atomic E-state index is 12.4. The van der Waals surface area contributed by atoms with Crippen LogP contribution in [0.3, 0.4) is 0 Å². The van der Waals surface area contributed by atoms with Crippen molar-refractivity contribution in [2.45, 2.75) is 18.2 Å². The van der Waals surface area contributed by atoms with Crippen molar-refractivity contribution in [1.82, 2.24) is 9.71 Å². The number of methoxy groups -OCH3 is 2. The SMILES string of the molecule is COc1ccc(-c2nc(C)c(CCNS(=O)(=O)c3ccc(Br)cc3)s2)cc1OC. The molecule has 0 fully saturated rings. The second-order valence-electron chi connectivity index (χ2n) is 6.20. The minimum Gasteiger partial charge on any atom is -0.493 e. The average Bonchev–Trinajstić information content (AvgIpc) is 3.08. The van der Waals surface area contributed by atoms with E-state index in [0.29, 0.717) is 24.5 Å². The first-order valence-electron chi connectivity index (χ1n) is 8.78. The fourth-order valence-corrected chi connectivity index (χ4v) is 5.10. The van der Waals surface area contributed by atoms with Gasteiger partial charge in [0.1, 0.15) is 5.01 Å². The lowest BCUT2D eigenvalue weighted by atomic mass is 10.2. The van der Waals surface area contributed by atoms with Crippen LogP contribution in [-0.2, 0) is 16.4 Å². The lowest BCUT2D eigenvalue weighted by Gasteiger charge is -2.08.